The molecule has 3 aromatic rings. The lowest BCUT2D eigenvalue weighted by Gasteiger charge is -2.06. The molecule has 2 aromatic heterocycles. The first kappa shape index (κ1) is 20.7. The van der Waals surface area contributed by atoms with Gasteiger partial charge >= 0.3 is 5.97 Å². The maximum Gasteiger partial charge on any atom is 0.358 e. The molecule has 0 fully saturated rings. The van der Waals surface area contributed by atoms with Gasteiger partial charge in [0.15, 0.2) is 10.8 Å². The second-order valence-corrected chi connectivity index (χ2v) is 7.86. The molecule has 2 heterocycles. The molecule has 3 rings (SSSR count). The van der Waals surface area contributed by atoms with Crippen molar-refractivity contribution in [1.82, 2.24) is 9.97 Å². The molecule has 150 valence electrons. The number of benzene rings is 1. The van der Waals surface area contributed by atoms with E-state index in [1.807, 2.05) is 31.2 Å². The molecule has 0 radical (unpaired) electrons. The van der Waals surface area contributed by atoms with E-state index in [2.05, 4.69) is 27.2 Å². The molecule has 0 atom stereocenters. The summed E-state index contributed by atoms with van der Waals surface area (Å²) in [6.07, 6.45) is 1.87. The van der Waals surface area contributed by atoms with Crippen LogP contribution < -0.4 is 10.6 Å². The van der Waals surface area contributed by atoms with Crippen LogP contribution >= 0.6 is 22.7 Å². The number of aryl methyl sites for hydroxylation is 1. The number of ether oxygens (including phenoxy) is 1. The third-order valence-corrected chi connectivity index (χ3v) is 5.49. The smallest absolute Gasteiger partial charge is 0.358 e. The Kier molecular flexibility index (Phi) is 7.09. The Labute approximate surface area is 176 Å². The van der Waals surface area contributed by atoms with E-state index in [-0.39, 0.29) is 24.6 Å². The van der Waals surface area contributed by atoms with Gasteiger partial charge in [0.05, 0.1) is 12.1 Å². The van der Waals surface area contributed by atoms with Crippen LogP contribution in [0.5, 0.6) is 0 Å². The number of nitrogens with one attached hydrogen (secondary N) is 2. The number of esters is 1. The number of aromatic nitrogens is 2. The molecule has 0 bridgehead atoms. The third-order valence-electron chi connectivity index (χ3n) is 3.79. The minimum atomic E-state index is -0.514. The van der Waals surface area contributed by atoms with E-state index in [1.54, 1.807) is 16.8 Å². The first-order valence-corrected chi connectivity index (χ1v) is 10.6. The van der Waals surface area contributed by atoms with Crippen LogP contribution in [0.3, 0.4) is 0 Å². The van der Waals surface area contributed by atoms with Crippen LogP contribution in [-0.2, 0) is 22.6 Å². The largest absolute Gasteiger partial charge is 0.454 e. The van der Waals surface area contributed by atoms with E-state index < -0.39 is 5.97 Å². The first-order chi connectivity index (χ1) is 14.0. The number of thiazole rings is 2. The van der Waals surface area contributed by atoms with Gasteiger partial charge in [-0.1, -0.05) is 24.3 Å². The number of carbonyl (C=O) groups is 2. The summed E-state index contributed by atoms with van der Waals surface area (Å²) in [4.78, 5) is 32.9. The van der Waals surface area contributed by atoms with Gasteiger partial charge in [-0.3, -0.25) is 4.79 Å². The summed E-state index contributed by atoms with van der Waals surface area (Å²) < 4.78 is 5.26. The molecule has 7 nitrogen and oxygen atoms in total. The number of amides is 1. The Bertz CT molecular complexity index is 1010. The number of nitrogens with zero attached hydrogens (tertiary/aromatic N) is 2. The average molecular weight is 429 g/mol. The van der Waals surface area contributed by atoms with E-state index in [0.29, 0.717) is 22.4 Å². The van der Waals surface area contributed by atoms with Crippen molar-refractivity contribution in [2.75, 3.05) is 17.2 Å². The van der Waals surface area contributed by atoms with Crippen molar-refractivity contribution < 1.29 is 14.3 Å². The molecule has 0 saturated carbocycles. The van der Waals surface area contributed by atoms with E-state index in [9.17, 15) is 9.59 Å². The average Bonchev–Trinajstić information content (AvgIpc) is 3.36. The van der Waals surface area contributed by atoms with Gasteiger partial charge in [-0.05, 0) is 18.6 Å². The van der Waals surface area contributed by atoms with Gasteiger partial charge in [0.1, 0.15) is 11.6 Å². The zero-order valence-corrected chi connectivity index (χ0v) is 17.4. The van der Waals surface area contributed by atoms with Crippen molar-refractivity contribution in [2.24, 2.45) is 0 Å². The minimum Gasteiger partial charge on any atom is -0.454 e. The van der Waals surface area contributed by atoms with Crippen LogP contribution in [0.2, 0.25) is 0 Å². The van der Waals surface area contributed by atoms with Gasteiger partial charge in [0.2, 0.25) is 5.91 Å². The lowest BCUT2D eigenvalue weighted by atomic mass is 10.2. The fourth-order valence-electron chi connectivity index (χ4n) is 2.36. The maximum atomic E-state index is 12.2. The summed E-state index contributed by atoms with van der Waals surface area (Å²) >= 11 is 2.68. The minimum absolute atomic E-state index is 0.0295. The number of carbonyl (C=O) groups excluding carboxylic acids is 2. The highest BCUT2D eigenvalue weighted by molar-refractivity contribution is 7.13. The molecule has 0 spiro atoms. The first-order valence-electron chi connectivity index (χ1n) is 8.81. The van der Waals surface area contributed by atoms with Crippen molar-refractivity contribution in [3.05, 3.63) is 69.6 Å². The van der Waals surface area contributed by atoms with Gasteiger partial charge in [0, 0.05) is 23.0 Å². The molecule has 0 aliphatic rings. The predicted octanol–water partition coefficient (Wildman–Crippen LogP) is 4.04. The number of hydrogen-bond donors (Lipinski definition) is 2. The van der Waals surface area contributed by atoms with E-state index in [4.69, 9.17) is 4.74 Å². The lowest BCUT2D eigenvalue weighted by molar-refractivity contribution is -0.115. The molecule has 0 saturated heterocycles. The van der Waals surface area contributed by atoms with Crippen molar-refractivity contribution in [1.29, 1.82) is 0 Å². The summed E-state index contributed by atoms with van der Waals surface area (Å²) in [5.41, 5.74) is 2.63. The van der Waals surface area contributed by atoms with Crippen molar-refractivity contribution >= 4 is 45.4 Å². The monoisotopic (exact) mass is 428 g/mol. The second-order valence-electron chi connectivity index (χ2n) is 6.06. The Morgan fingerprint density at radius 1 is 1.21 bits per heavy atom. The van der Waals surface area contributed by atoms with Gasteiger partial charge in [-0.25, -0.2) is 14.8 Å². The molecule has 0 aliphatic heterocycles. The van der Waals surface area contributed by atoms with Gasteiger partial charge in [-0.2, -0.15) is 0 Å². The third kappa shape index (κ3) is 5.97. The van der Waals surface area contributed by atoms with E-state index in [0.717, 1.165) is 11.3 Å². The van der Waals surface area contributed by atoms with Gasteiger partial charge in [-0.15, -0.1) is 29.3 Å². The molecule has 1 aromatic carbocycles. The summed E-state index contributed by atoms with van der Waals surface area (Å²) in [5, 5.41) is 10.6. The number of rotatable bonds is 9. The van der Waals surface area contributed by atoms with Crippen molar-refractivity contribution in [2.45, 2.75) is 20.0 Å². The summed E-state index contributed by atoms with van der Waals surface area (Å²) in [7, 11) is 0. The Morgan fingerprint density at radius 2 is 2.03 bits per heavy atom. The Balaban J connectivity index is 1.49. The quantitative estimate of drug-likeness (QED) is 0.395. The SMILES string of the molecule is C=CCNc1nc(C(=O)OCc2csc(CC(=O)Nc3ccccc3C)n2)cs1. The van der Waals surface area contributed by atoms with Gasteiger partial charge < -0.3 is 15.4 Å². The molecule has 0 aliphatic carbocycles. The van der Waals surface area contributed by atoms with Crippen LogP contribution in [0.25, 0.3) is 0 Å². The fourth-order valence-corrected chi connectivity index (χ4v) is 3.83. The van der Waals surface area contributed by atoms with Crippen LogP contribution in [0.1, 0.15) is 26.8 Å². The fraction of sp³-hybridized carbons (Fsp3) is 0.200. The number of hydrogen-bond acceptors (Lipinski definition) is 8. The maximum absolute atomic E-state index is 12.2. The van der Waals surface area contributed by atoms with Crippen LogP contribution in [0, 0.1) is 6.92 Å². The van der Waals surface area contributed by atoms with Crippen LogP contribution in [0.4, 0.5) is 10.8 Å². The number of anilines is 2. The zero-order valence-electron chi connectivity index (χ0n) is 15.8. The Hall–Kier alpha value is -3.04. The topological polar surface area (TPSA) is 93.2 Å². The Morgan fingerprint density at radius 3 is 2.83 bits per heavy atom. The normalized spacial score (nSPS) is 10.4. The second kappa shape index (κ2) is 9.94. The molecular weight excluding hydrogens is 408 g/mol. The molecule has 29 heavy (non-hydrogen) atoms. The van der Waals surface area contributed by atoms with Crippen molar-refractivity contribution in [3.8, 4) is 0 Å². The van der Waals surface area contributed by atoms with E-state index in [1.165, 1.54) is 22.7 Å². The van der Waals surface area contributed by atoms with Crippen LogP contribution in [0.15, 0.2) is 47.7 Å². The highest BCUT2D eigenvalue weighted by atomic mass is 32.1. The molecular formula is C20H20N4O3S2. The highest BCUT2D eigenvalue weighted by Crippen LogP contribution is 2.18. The summed E-state index contributed by atoms with van der Waals surface area (Å²) in [6.45, 7) is 6.15. The molecule has 9 heteroatoms. The van der Waals surface area contributed by atoms with Gasteiger partial charge in [0.25, 0.3) is 0 Å². The number of para-hydroxylation sites is 1. The highest BCUT2D eigenvalue weighted by Gasteiger charge is 2.14. The zero-order chi connectivity index (χ0) is 20.6. The predicted molar refractivity (Wildman–Crippen MR) is 116 cm³/mol. The van der Waals surface area contributed by atoms with Crippen LogP contribution in [-0.4, -0.2) is 28.4 Å². The van der Waals surface area contributed by atoms with E-state index >= 15 is 0 Å². The summed E-state index contributed by atoms with van der Waals surface area (Å²) in [6, 6.07) is 7.59. The van der Waals surface area contributed by atoms with Crippen molar-refractivity contribution in [3.63, 3.8) is 0 Å². The molecule has 0 unspecified atom stereocenters. The molecule has 2 N–H and O–H groups in total. The lowest BCUT2D eigenvalue weighted by Crippen LogP contribution is -2.15. The summed E-state index contributed by atoms with van der Waals surface area (Å²) in [5.74, 6) is -0.654. The standard InChI is InChI=1S/C20H20N4O3S2/c1-3-8-21-20-24-16(12-29-20)19(26)27-10-14-11-28-18(22-14)9-17(25)23-15-7-5-4-6-13(15)2/h3-7,11-12H,1,8-10H2,2H3,(H,21,24)(H,23,25). The molecule has 1 amide bonds.